The van der Waals surface area contributed by atoms with Crippen molar-refractivity contribution in [3.8, 4) is 0 Å². The van der Waals surface area contributed by atoms with E-state index in [1.54, 1.807) is 0 Å². The summed E-state index contributed by atoms with van der Waals surface area (Å²) >= 11 is 0. The molecule has 0 radical (unpaired) electrons. The Kier molecular flexibility index (Phi) is 3.15. The minimum absolute atomic E-state index is 0.775. The third kappa shape index (κ3) is 2.57. The van der Waals surface area contributed by atoms with Crippen molar-refractivity contribution in [1.29, 1.82) is 0 Å². The molecule has 0 spiro atoms. The van der Waals surface area contributed by atoms with E-state index in [2.05, 4.69) is 27.4 Å². The number of aromatic nitrogens is 2. The van der Waals surface area contributed by atoms with Crippen molar-refractivity contribution in [2.75, 3.05) is 12.4 Å². The molecular formula is C13H15N3. The Morgan fingerprint density at radius 3 is 2.56 bits per heavy atom. The van der Waals surface area contributed by atoms with Crippen LogP contribution in [0.1, 0.15) is 17.1 Å². The molecule has 1 aromatic carbocycles. The minimum atomic E-state index is 0.775. The van der Waals surface area contributed by atoms with Crippen LogP contribution in [0.4, 0.5) is 5.82 Å². The van der Waals surface area contributed by atoms with Crippen molar-refractivity contribution in [1.82, 2.24) is 9.97 Å². The van der Waals surface area contributed by atoms with E-state index in [-0.39, 0.29) is 0 Å². The first-order valence-corrected chi connectivity index (χ1v) is 5.34. The van der Waals surface area contributed by atoms with E-state index >= 15 is 0 Å². The molecule has 0 aliphatic rings. The number of benzene rings is 1. The molecule has 1 heterocycles. The fourth-order valence-electron chi connectivity index (χ4n) is 1.62. The Hall–Kier alpha value is -1.90. The third-order valence-electron chi connectivity index (χ3n) is 2.36. The van der Waals surface area contributed by atoms with Crippen LogP contribution in [0.2, 0.25) is 0 Å². The topological polar surface area (TPSA) is 37.8 Å². The molecule has 0 aliphatic heterocycles. The van der Waals surface area contributed by atoms with Crippen molar-refractivity contribution in [3.63, 3.8) is 0 Å². The van der Waals surface area contributed by atoms with Gasteiger partial charge in [0.25, 0.3) is 0 Å². The normalized spacial score (nSPS) is 10.1. The molecule has 0 saturated heterocycles. The zero-order valence-corrected chi connectivity index (χ0v) is 9.57. The lowest BCUT2D eigenvalue weighted by molar-refractivity contribution is 0.944. The van der Waals surface area contributed by atoms with Crippen molar-refractivity contribution in [2.24, 2.45) is 0 Å². The van der Waals surface area contributed by atoms with Crippen LogP contribution in [0.25, 0.3) is 0 Å². The maximum atomic E-state index is 4.43. The van der Waals surface area contributed by atoms with Gasteiger partial charge in [-0.3, -0.25) is 0 Å². The Bertz CT molecular complexity index is 466. The molecule has 0 amide bonds. The highest BCUT2D eigenvalue weighted by Crippen LogP contribution is 2.09. The molecule has 16 heavy (non-hydrogen) atoms. The lowest BCUT2D eigenvalue weighted by Gasteiger charge is -2.05. The Morgan fingerprint density at radius 1 is 1.12 bits per heavy atom. The first-order chi connectivity index (χ1) is 7.78. The largest absolute Gasteiger partial charge is 0.373 e. The highest BCUT2D eigenvalue weighted by Gasteiger charge is 2.02. The minimum Gasteiger partial charge on any atom is -0.373 e. The summed E-state index contributed by atoms with van der Waals surface area (Å²) < 4.78 is 0. The van der Waals surface area contributed by atoms with Gasteiger partial charge in [0.05, 0.1) is 0 Å². The van der Waals surface area contributed by atoms with Crippen LogP contribution in [0.5, 0.6) is 0 Å². The van der Waals surface area contributed by atoms with Gasteiger partial charge < -0.3 is 5.32 Å². The molecule has 3 nitrogen and oxygen atoms in total. The number of anilines is 1. The number of hydrogen-bond acceptors (Lipinski definition) is 3. The predicted molar refractivity (Wildman–Crippen MR) is 65.6 cm³/mol. The number of aryl methyl sites for hydroxylation is 1. The highest BCUT2D eigenvalue weighted by atomic mass is 15.0. The second-order valence-electron chi connectivity index (χ2n) is 3.72. The Balaban J connectivity index is 2.24. The molecule has 82 valence electrons. The Labute approximate surface area is 95.6 Å². The number of rotatable bonds is 3. The van der Waals surface area contributed by atoms with E-state index in [4.69, 9.17) is 0 Å². The van der Waals surface area contributed by atoms with Gasteiger partial charge in [0.15, 0.2) is 0 Å². The van der Waals surface area contributed by atoms with Gasteiger partial charge in [0, 0.05) is 25.2 Å². The molecule has 3 heteroatoms. The van der Waals surface area contributed by atoms with Crippen molar-refractivity contribution < 1.29 is 0 Å². The van der Waals surface area contributed by atoms with E-state index in [0.717, 1.165) is 23.8 Å². The maximum absolute atomic E-state index is 4.43. The Morgan fingerprint density at radius 2 is 1.88 bits per heavy atom. The summed E-state index contributed by atoms with van der Waals surface area (Å²) in [5.74, 6) is 1.73. The van der Waals surface area contributed by atoms with Crippen LogP contribution in [0.3, 0.4) is 0 Å². The molecule has 2 aromatic rings. The molecule has 0 aliphatic carbocycles. The van der Waals surface area contributed by atoms with Gasteiger partial charge in [-0.1, -0.05) is 30.3 Å². The number of nitrogens with one attached hydrogen (secondary N) is 1. The van der Waals surface area contributed by atoms with Gasteiger partial charge >= 0.3 is 0 Å². The first kappa shape index (κ1) is 10.6. The second-order valence-corrected chi connectivity index (χ2v) is 3.72. The van der Waals surface area contributed by atoms with Crippen LogP contribution in [0, 0.1) is 6.92 Å². The molecule has 0 fully saturated rings. The van der Waals surface area contributed by atoms with Gasteiger partial charge in [-0.25, -0.2) is 9.97 Å². The summed E-state index contributed by atoms with van der Waals surface area (Å²) in [6.45, 7) is 1.98. The fourth-order valence-corrected chi connectivity index (χ4v) is 1.62. The summed E-state index contributed by atoms with van der Waals surface area (Å²) in [6, 6.07) is 12.2. The third-order valence-corrected chi connectivity index (χ3v) is 2.36. The molecule has 0 saturated carbocycles. The van der Waals surface area contributed by atoms with Gasteiger partial charge in [-0.05, 0) is 12.5 Å². The average molecular weight is 213 g/mol. The monoisotopic (exact) mass is 213 g/mol. The SMILES string of the molecule is CNc1cc(C)nc(Cc2ccccc2)n1. The number of hydrogen-bond donors (Lipinski definition) is 1. The second kappa shape index (κ2) is 4.75. The van der Waals surface area contributed by atoms with Crippen LogP contribution < -0.4 is 5.32 Å². The summed E-state index contributed by atoms with van der Waals surface area (Å²) in [7, 11) is 1.87. The fraction of sp³-hybridized carbons (Fsp3) is 0.231. The van der Waals surface area contributed by atoms with E-state index in [1.165, 1.54) is 5.56 Å². The van der Waals surface area contributed by atoms with Crippen LogP contribution in [-0.2, 0) is 6.42 Å². The molecule has 1 N–H and O–H groups in total. The zero-order chi connectivity index (χ0) is 11.4. The van der Waals surface area contributed by atoms with Crippen LogP contribution in [-0.4, -0.2) is 17.0 Å². The van der Waals surface area contributed by atoms with Crippen LogP contribution >= 0.6 is 0 Å². The smallest absolute Gasteiger partial charge is 0.135 e. The predicted octanol–water partition coefficient (Wildman–Crippen LogP) is 2.42. The summed E-state index contributed by atoms with van der Waals surface area (Å²) in [5, 5.41) is 3.04. The van der Waals surface area contributed by atoms with Crippen LogP contribution in [0.15, 0.2) is 36.4 Å². The maximum Gasteiger partial charge on any atom is 0.135 e. The first-order valence-electron chi connectivity index (χ1n) is 5.34. The van der Waals surface area contributed by atoms with E-state index < -0.39 is 0 Å². The van der Waals surface area contributed by atoms with E-state index in [1.807, 2.05) is 38.2 Å². The summed E-state index contributed by atoms with van der Waals surface area (Å²) in [6.07, 6.45) is 0.775. The van der Waals surface area contributed by atoms with Gasteiger partial charge in [0.1, 0.15) is 11.6 Å². The molecule has 0 bridgehead atoms. The van der Waals surface area contributed by atoms with Crippen molar-refractivity contribution >= 4 is 5.82 Å². The molecule has 2 rings (SSSR count). The van der Waals surface area contributed by atoms with Gasteiger partial charge in [-0.15, -0.1) is 0 Å². The lowest BCUT2D eigenvalue weighted by atomic mass is 10.1. The summed E-state index contributed by atoms with van der Waals surface area (Å²) in [5.41, 5.74) is 2.22. The van der Waals surface area contributed by atoms with Gasteiger partial charge in [-0.2, -0.15) is 0 Å². The van der Waals surface area contributed by atoms with E-state index in [0.29, 0.717) is 0 Å². The molecule has 0 unspecified atom stereocenters. The van der Waals surface area contributed by atoms with Crippen molar-refractivity contribution in [3.05, 3.63) is 53.5 Å². The summed E-state index contributed by atoms with van der Waals surface area (Å²) in [4.78, 5) is 8.85. The van der Waals surface area contributed by atoms with E-state index in [9.17, 15) is 0 Å². The molecule has 0 atom stereocenters. The highest BCUT2D eigenvalue weighted by molar-refractivity contribution is 5.35. The standard InChI is InChI=1S/C13H15N3/c1-10-8-12(14-2)16-13(15-10)9-11-6-4-3-5-7-11/h3-8H,9H2,1-2H3,(H,14,15,16). The van der Waals surface area contributed by atoms with Gasteiger partial charge in [0.2, 0.25) is 0 Å². The lowest BCUT2D eigenvalue weighted by Crippen LogP contribution is -2.02. The van der Waals surface area contributed by atoms with Crippen molar-refractivity contribution in [2.45, 2.75) is 13.3 Å². The zero-order valence-electron chi connectivity index (χ0n) is 9.57. The molecule has 1 aromatic heterocycles. The molecular weight excluding hydrogens is 198 g/mol. The quantitative estimate of drug-likeness (QED) is 0.850. The average Bonchev–Trinajstić information content (AvgIpc) is 2.29. The number of nitrogens with zero attached hydrogens (tertiary/aromatic N) is 2.